The molecule has 0 N–H and O–H groups in total. The summed E-state index contributed by atoms with van der Waals surface area (Å²) in [6, 6.07) is 2.31. The number of carbonyl (C=O) groups excluding carboxylic acids is 1. The fraction of sp³-hybridized carbons (Fsp3) is 0.632. The number of thioether (sulfide) groups is 1. The van der Waals surface area contributed by atoms with E-state index in [9.17, 15) is 4.79 Å². The SMILES string of the molecule is CCC1CCc2sc(-c3nnc(SCC(=O)N(CC)CC)n3C)cc2C1. The molecule has 0 saturated heterocycles. The van der Waals surface area contributed by atoms with Crippen LogP contribution in [0.15, 0.2) is 11.2 Å². The number of thiophene rings is 1. The van der Waals surface area contributed by atoms with Crippen LogP contribution in [0.2, 0.25) is 0 Å². The number of amides is 1. The van der Waals surface area contributed by atoms with E-state index in [1.165, 1.54) is 52.8 Å². The molecule has 1 aliphatic carbocycles. The van der Waals surface area contributed by atoms with Crippen molar-refractivity contribution < 1.29 is 4.79 Å². The average molecular weight is 393 g/mol. The number of carbonyl (C=O) groups is 1. The lowest BCUT2D eigenvalue weighted by Gasteiger charge is -2.19. The molecule has 0 aliphatic heterocycles. The first kappa shape index (κ1) is 19.4. The minimum Gasteiger partial charge on any atom is -0.343 e. The molecule has 26 heavy (non-hydrogen) atoms. The molecular weight excluding hydrogens is 364 g/mol. The molecule has 2 heterocycles. The Hall–Kier alpha value is -1.34. The second-order valence-corrected chi connectivity index (χ2v) is 8.88. The maximum Gasteiger partial charge on any atom is 0.233 e. The summed E-state index contributed by atoms with van der Waals surface area (Å²) in [7, 11) is 1.99. The first-order valence-corrected chi connectivity index (χ1v) is 11.3. The summed E-state index contributed by atoms with van der Waals surface area (Å²) in [6.45, 7) is 7.80. The van der Waals surface area contributed by atoms with Crippen molar-refractivity contribution in [1.82, 2.24) is 19.7 Å². The van der Waals surface area contributed by atoms with Gasteiger partial charge in [0.2, 0.25) is 5.91 Å². The van der Waals surface area contributed by atoms with Crippen molar-refractivity contribution >= 4 is 29.0 Å². The van der Waals surface area contributed by atoms with Crippen LogP contribution in [-0.4, -0.2) is 44.4 Å². The van der Waals surface area contributed by atoms with Gasteiger partial charge in [-0.15, -0.1) is 21.5 Å². The van der Waals surface area contributed by atoms with Gasteiger partial charge >= 0.3 is 0 Å². The summed E-state index contributed by atoms with van der Waals surface area (Å²) in [5.41, 5.74) is 1.50. The largest absolute Gasteiger partial charge is 0.343 e. The highest BCUT2D eigenvalue weighted by Gasteiger charge is 2.22. The third-order valence-corrected chi connectivity index (χ3v) is 7.50. The summed E-state index contributed by atoms with van der Waals surface area (Å²) >= 11 is 3.33. The quantitative estimate of drug-likeness (QED) is 0.668. The summed E-state index contributed by atoms with van der Waals surface area (Å²) in [4.78, 5) is 16.8. The lowest BCUT2D eigenvalue weighted by molar-refractivity contribution is -0.127. The fourth-order valence-electron chi connectivity index (χ4n) is 3.51. The van der Waals surface area contributed by atoms with Gasteiger partial charge in [0.25, 0.3) is 0 Å². The molecule has 0 fully saturated rings. The Labute approximate surface area is 164 Å². The Morgan fingerprint density at radius 2 is 2.12 bits per heavy atom. The Balaban J connectivity index is 1.72. The number of hydrogen-bond donors (Lipinski definition) is 0. The van der Waals surface area contributed by atoms with Crippen molar-refractivity contribution in [3.63, 3.8) is 0 Å². The third kappa shape index (κ3) is 3.98. The van der Waals surface area contributed by atoms with Crippen LogP contribution in [0.5, 0.6) is 0 Å². The summed E-state index contributed by atoms with van der Waals surface area (Å²) in [5, 5.41) is 9.54. The summed E-state index contributed by atoms with van der Waals surface area (Å²) < 4.78 is 2.02. The normalized spacial score (nSPS) is 16.5. The van der Waals surface area contributed by atoms with E-state index in [0.717, 1.165) is 30.0 Å². The smallest absolute Gasteiger partial charge is 0.233 e. The van der Waals surface area contributed by atoms with Crippen molar-refractivity contribution in [2.24, 2.45) is 13.0 Å². The van der Waals surface area contributed by atoms with Gasteiger partial charge in [-0.05, 0) is 50.7 Å². The van der Waals surface area contributed by atoms with Gasteiger partial charge in [0.15, 0.2) is 11.0 Å². The maximum atomic E-state index is 12.2. The molecule has 1 unspecified atom stereocenters. The Kier molecular flexibility index (Phi) is 6.40. The lowest BCUT2D eigenvalue weighted by Crippen LogP contribution is -2.31. The topological polar surface area (TPSA) is 51.0 Å². The number of fused-ring (bicyclic) bond motifs is 1. The van der Waals surface area contributed by atoms with Crippen LogP contribution in [0.25, 0.3) is 10.7 Å². The molecule has 0 saturated carbocycles. The minimum atomic E-state index is 0.154. The number of aryl methyl sites for hydroxylation is 1. The second kappa shape index (κ2) is 8.57. The molecule has 142 valence electrons. The van der Waals surface area contributed by atoms with E-state index < -0.39 is 0 Å². The van der Waals surface area contributed by atoms with E-state index in [1.54, 1.807) is 0 Å². The molecule has 7 heteroatoms. The molecule has 2 aromatic heterocycles. The van der Waals surface area contributed by atoms with E-state index in [4.69, 9.17) is 0 Å². The van der Waals surface area contributed by atoms with Crippen molar-refractivity contribution in [3.8, 4) is 10.7 Å². The number of aromatic nitrogens is 3. The molecule has 1 aliphatic rings. The average Bonchev–Trinajstić information content (AvgIpc) is 3.23. The van der Waals surface area contributed by atoms with Crippen LogP contribution in [0.1, 0.15) is 44.1 Å². The van der Waals surface area contributed by atoms with Gasteiger partial charge in [0.1, 0.15) is 0 Å². The van der Waals surface area contributed by atoms with Gasteiger partial charge in [0.05, 0.1) is 10.6 Å². The Bertz CT molecular complexity index is 764. The first-order valence-electron chi connectivity index (χ1n) is 9.49. The van der Waals surface area contributed by atoms with Crippen LogP contribution in [0.4, 0.5) is 0 Å². The zero-order valence-electron chi connectivity index (χ0n) is 16.1. The highest BCUT2D eigenvalue weighted by atomic mass is 32.2. The molecule has 0 radical (unpaired) electrons. The summed E-state index contributed by atoms with van der Waals surface area (Å²) in [6.07, 6.45) is 4.95. The van der Waals surface area contributed by atoms with Crippen LogP contribution in [0, 0.1) is 5.92 Å². The van der Waals surface area contributed by atoms with E-state index in [1.807, 2.05) is 41.7 Å². The maximum absolute atomic E-state index is 12.2. The molecular formula is C19H28N4OS2. The minimum absolute atomic E-state index is 0.154. The van der Waals surface area contributed by atoms with Crippen molar-refractivity contribution in [2.75, 3.05) is 18.8 Å². The monoisotopic (exact) mass is 392 g/mol. The lowest BCUT2D eigenvalue weighted by atomic mass is 9.87. The van der Waals surface area contributed by atoms with E-state index >= 15 is 0 Å². The Morgan fingerprint density at radius 1 is 1.35 bits per heavy atom. The first-order chi connectivity index (χ1) is 12.6. The van der Waals surface area contributed by atoms with Gasteiger partial charge in [-0.1, -0.05) is 25.1 Å². The van der Waals surface area contributed by atoms with E-state index in [2.05, 4.69) is 23.2 Å². The van der Waals surface area contributed by atoms with Crippen molar-refractivity contribution in [2.45, 2.75) is 51.6 Å². The van der Waals surface area contributed by atoms with Crippen LogP contribution in [0.3, 0.4) is 0 Å². The fourth-order valence-corrected chi connectivity index (χ4v) is 5.55. The van der Waals surface area contributed by atoms with Gasteiger partial charge in [-0.2, -0.15) is 0 Å². The molecule has 0 aromatic carbocycles. The van der Waals surface area contributed by atoms with E-state index in [-0.39, 0.29) is 5.91 Å². The number of nitrogens with zero attached hydrogens (tertiary/aromatic N) is 4. The standard InChI is InChI=1S/C19H28N4OS2/c1-5-13-8-9-15-14(10-13)11-16(26-15)18-20-21-19(22(18)4)25-12-17(24)23(6-2)7-3/h11,13H,5-10,12H2,1-4H3. The number of hydrogen-bond acceptors (Lipinski definition) is 5. The van der Waals surface area contributed by atoms with E-state index in [0.29, 0.717) is 5.75 Å². The van der Waals surface area contributed by atoms with Crippen molar-refractivity contribution in [3.05, 3.63) is 16.5 Å². The zero-order valence-corrected chi connectivity index (χ0v) is 17.8. The highest BCUT2D eigenvalue weighted by Crippen LogP contribution is 2.37. The molecule has 1 atom stereocenters. The number of rotatable bonds is 7. The van der Waals surface area contributed by atoms with Gasteiger partial charge < -0.3 is 9.47 Å². The van der Waals surface area contributed by atoms with Crippen LogP contribution >= 0.6 is 23.1 Å². The molecule has 0 spiro atoms. The Morgan fingerprint density at radius 3 is 2.81 bits per heavy atom. The predicted octanol–water partition coefficient (Wildman–Crippen LogP) is 4.02. The van der Waals surface area contributed by atoms with Crippen molar-refractivity contribution in [1.29, 1.82) is 0 Å². The molecule has 2 aromatic rings. The van der Waals surface area contributed by atoms with Crippen LogP contribution in [-0.2, 0) is 24.7 Å². The third-order valence-electron chi connectivity index (χ3n) is 5.26. The molecule has 5 nitrogen and oxygen atoms in total. The van der Waals surface area contributed by atoms with Gasteiger partial charge in [0, 0.05) is 25.0 Å². The molecule has 3 rings (SSSR count). The molecule has 0 bridgehead atoms. The zero-order chi connectivity index (χ0) is 18.7. The molecule has 1 amide bonds. The van der Waals surface area contributed by atoms with Gasteiger partial charge in [-0.25, -0.2) is 0 Å². The predicted molar refractivity (Wildman–Crippen MR) is 109 cm³/mol. The summed E-state index contributed by atoms with van der Waals surface area (Å²) in [5.74, 6) is 2.30. The second-order valence-electron chi connectivity index (χ2n) is 6.80. The van der Waals surface area contributed by atoms with Crippen LogP contribution < -0.4 is 0 Å². The van der Waals surface area contributed by atoms with Gasteiger partial charge in [-0.3, -0.25) is 4.79 Å². The highest BCUT2D eigenvalue weighted by molar-refractivity contribution is 7.99.